The summed E-state index contributed by atoms with van der Waals surface area (Å²) in [5.41, 5.74) is 0. The summed E-state index contributed by atoms with van der Waals surface area (Å²) in [6, 6.07) is 0. The summed E-state index contributed by atoms with van der Waals surface area (Å²) in [6.07, 6.45) is 0. The molecule has 0 radical (unpaired) electrons. The lowest BCUT2D eigenvalue weighted by atomic mass is 10.4. The van der Waals surface area contributed by atoms with E-state index in [0.717, 1.165) is 18.0 Å². The van der Waals surface area contributed by atoms with Crippen molar-refractivity contribution in [3.05, 3.63) is 0 Å². The van der Waals surface area contributed by atoms with E-state index in [9.17, 15) is 0 Å². The molecule has 0 aliphatic carbocycles. The van der Waals surface area contributed by atoms with Crippen LogP contribution < -0.4 is 4.90 Å². The van der Waals surface area contributed by atoms with Gasteiger partial charge < -0.3 is 25.3 Å². The molecule has 0 saturated carbocycles. The van der Waals surface area contributed by atoms with Gasteiger partial charge in [-0.25, -0.2) is 0 Å². The maximum atomic E-state index is 8.84. The van der Waals surface area contributed by atoms with Crippen molar-refractivity contribution in [2.24, 2.45) is 0 Å². The zero-order valence-electron chi connectivity index (χ0n) is 9.81. The van der Waals surface area contributed by atoms with E-state index >= 15 is 0 Å². The van der Waals surface area contributed by atoms with Gasteiger partial charge in [-0.1, -0.05) is 0 Å². The Labute approximate surface area is 96.7 Å². The Morgan fingerprint density at radius 3 is 1.50 bits per heavy atom. The van der Waals surface area contributed by atoms with Gasteiger partial charge >= 0.3 is 0 Å². The number of aliphatic hydroxyl groups is 4. The summed E-state index contributed by atoms with van der Waals surface area (Å²) in [4.78, 5) is 3.10. The molecule has 16 heavy (non-hydrogen) atoms. The Morgan fingerprint density at radius 1 is 0.625 bits per heavy atom. The fourth-order valence-electron chi connectivity index (χ4n) is 1.63. The van der Waals surface area contributed by atoms with Crippen molar-refractivity contribution in [3.8, 4) is 0 Å². The molecule has 0 bridgehead atoms. The highest BCUT2D eigenvalue weighted by molar-refractivity contribution is 4.55. The van der Waals surface area contributed by atoms with E-state index < -0.39 is 0 Å². The summed E-state index contributed by atoms with van der Waals surface area (Å²) in [6.45, 7) is 4.24. The SMILES string of the molecule is OCCN(CCO)CC[NH+](CCO)CCO. The monoisotopic (exact) mass is 237 g/mol. The highest BCUT2D eigenvalue weighted by Crippen LogP contribution is 1.84. The minimum atomic E-state index is 0.0787. The molecule has 6 nitrogen and oxygen atoms in total. The van der Waals surface area contributed by atoms with Crippen LogP contribution in [0.1, 0.15) is 0 Å². The molecule has 98 valence electrons. The number of rotatable bonds is 11. The van der Waals surface area contributed by atoms with Crippen LogP contribution in [0.2, 0.25) is 0 Å². The molecule has 5 N–H and O–H groups in total. The first-order valence-electron chi connectivity index (χ1n) is 5.77. The molecule has 0 aliphatic rings. The maximum absolute atomic E-state index is 8.84. The molecule has 0 amide bonds. The van der Waals surface area contributed by atoms with Crippen molar-refractivity contribution in [2.45, 2.75) is 0 Å². The van der Waals surface area contributed by atoms with Crippen molar-refractivity contribution < 1.29 is 25.3 Å². The van der Waals surface area contributed by atoms with Gasteiger partial charge in [-0.05, 0) is 0 Å². The molecule has 0 atom stereocenters. The van der Waals surface area contributed by atoms with Gasteiger partial charge in [0.25, 0.3) is 0 Å². The Kier molecular flexibility index (Phi) is 11.1. The van der Waals surface area contributed by atoms with Gasteiger partial charge in [-0.2, -0.15) is 0 Å². The topological polar surface area (TPSA) is 88.6 Å². The summed E-state index contributed by atoms with van der Waals surface area (Å²) < 4.78 is 0. The number of hydrogen-bond acceptors (Lipinski definition) is 5. The van der Waals surface area contributed by atoms with Gasteiger partial charge in [0.05, 0.1) is 33.0 Å². The van der Waals surface area contributed by atoms with Gasteiger partial charge in [0, 0.05) is 19.6 Å². The lowest BCUT2D eigenvalue weighted by Gasteiger charge is -2.23. The second kappa shape index (κ2) is 11.3. The molecule has 0 aromatic rings. The smallest absolute Gasteiger partial charge is 0.101 e. The highest BCUT2D eigenvalue weighted by Gasteiger charge is 2.10. The van der Waals surface area contributed by atoms with Gasteiger partial charge in [0.2, 0.25) is 0 Å². The summed E-state index contributed by atoms with van der Waals surface area (Å²) >= 11 is 0. The van der Waals surface area contributed by atoms with Gasteiger partial charge in [0.1, 0.15) is 13.1 Å². The molecule has 0 heterocycles. The van der Waals surface area contributed by atoms with Crippen LogP contribution >= 0.6 is 0 Å². The van der Waals surface area contributed by atoms with E-state index in [1.807, 2.05) is 4.90 Å². The van der Waals surface area contributed by atoms with Crippen LogP contribution in [0, 0.1) is 0 Å². The molecule has 0 unspecified atom stereocenters. The average Bonchev–Trinajstić information content (AvgIpc) is 2.27. The third-order valence-electron chi connectivity index (χ3n) is 2.54. The average molecular weight is 237 g/mol. The first-order chi connectivity index (χ1) is 7.78. The summed E-state index contributed by atoms with van der Waals surface area (Å²) in [7, 11) is 0. The van der Waals surface area contributed by atoms with Crippen LogP contribution in [0.25, 0.3) is 0 Å². The second-order valence-electron chi connectivity index (χ2n) is 3.74. The van der Waals surface area contributed by atoms with Crippen LogP contribution in [0.4, 0.5) is 0 Å². The number of aliphatic hydroxyl groups excluding tert-OH is 4. The van der Waals surface area contributed by atoms with Crippen LogP contribution in [0.15, 0.2) is 0 Å². The first-order valence-corrected chi connectivity index (χ1v) is 5.77. The number of nitrogens with zero attached hydrogens (tertiary/aromatic N) is 1. The Bertz CT molecular complexity index is 121. The van der Waals surface area contributed by atoms with Gasteiger partial charge in [-0.3, -0.25) is 4.90 Å². The zero-order valence-corrected chi connectivity index (χ0v) is 9.81. The van der Waals surface area contributed by atoms with Crippen LogP contribution in [0.5, 0.6) is 0 Å². The lowest BCUT2D eigenvalue weighted by molar-refractivity contribution is -0.900. The number of nitrogens with one attached hydrogen (secondary N) is 1. The van der Waals surface area contributed by atoms with E-state index in [0.29, 0.717) is 26.2 Å². The quantitative estimate of drug-likeness (QED) is 0.254. The van der Waals surface area contributed by atoms with Crippen LogP contribution in [-0.4, -0.2) is 91.0 Å². The van der Waals surface area contributed by atoms with E-state index in [-0.39, 0.29) is 26.4 Å². The van der Waals surface area contributed by atoms with Crippen molar-refractivity contribution in [1.29, 1.82) is 0 Å². The maximum Gasteiger partial charge on any atom is 0.101 e. The predicted octanol–water partition coefficient (Wildman–Crippen LogP) is -3.86. The predicted molar refractivity (Wildman–Crippen MR) is 60.3 cm³/mol. The zero-order chi connectivity index (χ0) is 12.2. The van der Waals surface area contributed by atoms with E-state index in [4.69, 9.17) is 20.4 Å². The molecule has 0 aliphatic heterocycles. The standard InChI is InChI=1S/C10H24N2O4/c13-7-3-11(4-8-14)1-2-12(5-9-15)6-10-16/h13-16H,1-10H2/p+1. The van der Waals surface area contributed by atoms with E-state index in [1.54, 1.807) is 0 Å². The van der Waals surface area contributed by atoms with E-state index in [1.165, 1.54) is 0 Å². The fraction of sp³-hybridized carbons (Fsp3) is 1.00. The Morgan fingerprint density at radius 2 is 1.12 bits per heavy atom. The molecule has 0 rings (SSSR count). The van der Waals surface area contributed by atoms with Crippen molar-refractivity contribution >= 4 is 0 Å². The molecule has 6 heteroatoms. The minimum absolute atomic E-state index is 0.0787. The highest BCUT2D eigenvalue weighted by atomic mass is 16.3. The second-order valence-corrected chi connectivity index (χ2v) is 3.74. The molecular weight excluding hydrogens is 212 g/mol. The molecular formula is C10H25N2O4+. The van der Waals surface area contributed by atoms with E-state index in [2.05, 4.69) is 0 Å². The fourth-order valence-corrected chi connectivity index (χ4v) is 1.63. The van der Waals surface area contributed by atoms with Crippen LogP contribution in [-0.2, 0) is 0 Å². The Hall–Kier alpha value is -0.240. The molecule has 0 aromatic carbocycles. The summed E-state index contributed by atoms with van der Waals surface area (Å²) in [5, 5.41) is 35.3. The number of quaternary nitrogens is 1. The Balaban J connectivity index is 3.83. The third-order valence-corrected chi connectivity index (χ3v) is 2.54. The molecule has 0 fully saturated rings. The molecule has 0 saturated heterocycles. The third kappa shape index (κ3) is 7.98. The first kappa shape index (κ1) is 15.8. The van der Waals surface area contributed by atoms with Crippen LogP contribution in [0.3, 0.4) is 0 Å². The van der Waals surface area contributed by atoms with Crippen molar-refractivity contribution in [2.75, 3.05) is 65.7 Å². The van der Waals surface area contributed by atoms with Crippen molar-refractivity contribution in [3.63, 3.8) is 0 Å². The molecule has 0 aromatic heterocycles. The molecule has 0 spiro atoms. The normalized spacial score (nSPS) is 11.6. The van der Waals surface area contributed by atoms with Crippen molar-refractivity contribution in [1.82, 2.24) is 4.90 Å². The lowest BCUT2D eigenvalue weighted by Crippen LogP contribution is -3.13. The summed E-state index contributed by atoms with van der Waals surface area (Å²) in [5.74, 6) is 0. The largest absolute Gasteiger partial charge is 0.395 e. The van der Waals surface area contributed by atoms with Gasteiger partial charge in [-0.15, -0.1) is 0 Å². The van der Waals surface area contributed by atoms with Gasteiger partial charge in [0.15, 0.2) is 0 Å². The number of hydrogen-bond donors (Lipinski definition) is 5. The minimum Gasteiger partial charge on any atom is -0.395 e.